The number of aryl methyl sites for hydroxylation is 2. The van der Waals surface area contributed by atoms with Crippen LogP contribution in [0.15, 0.2) is 24.3 Å². The second kappa shape index (κ2) is 6.01. The number of benzene rings is 1. The molecule has 3 aromatic rings. The number of hydrogen-bond donors (Lipinski definition) is 0. The van der Waals surface area contributed by atoms with Crippen molar-refractivity contribution in [2.24, 2.45) is 0 Å². The van der Waals surface area contributed by atoms with Crippen molar-refractivity contribution >= 4 is 22.6 Å². The zero-order chi connectivity index (χ0) is 15.7. The quantitative estimate of drug-likeness (QED) is 0.670. The molecular weight excluding hydrogens is 303 g/mol. The number of fused-ring (bicyclic) bond motifs is 1. The van der Waals surface area contributed by atoms with E-state index in [9.17, 15) is 4.39 Å². The van der Waals surface area contributed by atoms with Crippen molar-refractivity contribution in [3.05, 3.63) is 40.9 Å². The predicted molar refractivity (Wildman–Crippen MR) is 85.4 cm³/mol. The summed E-state index contributed by atoms with van der Waals surface area (Å²) in [6.45, 7) is 4.75. The van der Waals surface area contributed by atoms with Gasteiger partial charge in [0.15, 0.2) is 11.5 Å². The summed E-state index contributed by atoms with van der Waals surface area (Å²) in [5, 5.41) is 5.52. The highest BCUT2D eigenvalue weighted by Gasteiger charge is 2.17. The topological polar surface area (TPSA) is 43.6 Å². The third-order valence-corrected chi connectivity index (χ3v) is 3.83. The minimum absolute atomic E-state index is 0.285. The highest BCUT2D eigenvalue weighted by Crippen LogP contribution is 2.28. The molecule has 3 rings (SSSR count). The zero-order valence-corrected chi connectivity index (χ0v) is 13.2. The summed E-state index contributed by atoms with van der Waals surface area (Å²) in [6, 6.07) is 6.41. The van der Waals surface area contributed by atoms with Gasteiger partial charge in [-0.25, -0.2) is 19.0 Å². The molecule has 0 radical (unpaired) electrons. The maximum Gasteiger partial charge on any atom is 0.166 e. The third-order valence-electron chi connectivity index (χ3n) is 3.56. The van der Waals surface area contributed by atoms with E-state index < -0.39 is 0 Å². The Bertz CT molecular complexity index is 828. The van der Waals surface area contributed by atoms with Gasteiger partial charge in [0.1, 0.15) is 11.0 Å². The number of halogens is 2. The molecule has 0 aliphatic heterocycles. The predicted octanol–water partition coefficient (Wildman–Crippen LogP) is 4.39. The zero-order valence-electron chi connectivity index (χ0n) is 12.5. The fourth-order valence-electron chi connectivity index (χ4n) is 2.43. The van der Waals surface area contributed by atoms with Gasteiger partial charge in [-0.15, -0.1) is 0 Å². The molecule has 0 atom stereocenters. The first-order chi connectivity index (χ1) is 10.6. The molecule has 0 amide bonds. The van der Waals surface area contributed by atoms with Gasteiger partial charge in [0.2, 0.25) is 0 Å². The van der Waals surface area contributed by atoms with E-state index in [0.717, 1.165) is 30.5 Å². The second-order valence-electron chi connectivity index (χ2n) is 5.18. The van der Waals surface area contributed by atoms with Gasteiger partial charge in [-0.2, -0.15) is 5.10 Å². The van der Waals surface area contributed by atoms with E-state index in [1.54, 1.807) is 18.2 Å². The number of nitrogens with zero attached hydrogens (tertiary/aromatic N) is 4. The van der Waals surface area contributed by atoms with Gasteiger partial charge in [0.25, 0.3) is 0 Å². The minimum Gasteiger partial charge on any atom is -0.247 e. The Balaban J connectivity index is 2.20. The molecule has 6 heteroatoms. The van der Waals surface area contributed by atoms with Crippen molar-refractivity contribution in [1.29, 1.82) is 0 Å². The summed E-state index contributed by atoms with van der Waals surface area (Å²) >= 11 is 6.29. The van der Waals surface area contributed by atoms with E-state index in [1.165, 1.54) is 6.07 Å². The fraction of sp³-hybridized carbons (Fsp3) is 0.312. The van der Waals surface area contributed by atoms with Gasteiger partial charge in [-0.1, -0.05) is 37.1 Å². The van der Waals surface area contributed by atoms with Crippen LogP contribution in [0.4, 0.5) is 4.39 Å². The maximum atomic E-state index is 14.0. The Morgan fingerprint density at radius 3 is 2.73 bits per heavy atom. The van der Waals surface area contributed by atoms with E-state index in [0.29, 0.717) is 16.4 Å². The lowest BCUT2D eigenvalue weighted by Gasteiger charge is -2.05. The Hall–Kier alpha value is -2.01. The Kier molecular flexibility index (Phi) is 4.07. The molecule has 0 saturated carbocycles. The Labute approximate surface area is 133 Å². The van der Waals surface area contributed by atoms with Gasteiger partial charge in [0, 0.05) is 6.54 Å². The molecule has 0 unspecified atom stereocenters. The smallest absolute Gasteiger partial charge is 0.166 e. The van der Waals surface area contributed by atoms with Crippen LogP contribution >= 0.6 is 11.6 Å². The average Bonchev–Trinajstić information content (AvgIpc) is 2.82. The summed E-state index contributed by atoms with van der Waals surface area (Å²) in [5.41, 5.74) is 1.78. The molecular formula is C16H16ClFN4. The third kappa shape index (κ3) is 2.57. The molecule has 0 bridgehead atoms. The van der Waals surface area contributed by atoms with Crippen LogP contribution in [-0.4, -0.2) is 19.7 Å². The van der Waals surface area contributed by atoms with Crippen molar-refractivity contribution in [2.45, 2.75) is 33.2 Å². The number of rotatable bonds is 4. The molecule has 114 valence electrons. The van der Waals surface area contributed by atoms with Crippen LogP contribution in [0.2, 0.25) is 5.15 Å². The van der Waals surface area contributed by atoms with Crippen LogP contribution in [0.3, 0.4) is 0 Å². The van der Waals surface area contributed by atoms with Crippen molar-refractivity contribution in [3.8, 4) is 11.4 Å². The molecule has 22 heavy (non-hydrogen) atoms. The fourth-order valence-corrected chi connectivity index (χ4v) is 2.73. The number of unbranched alkanes of at least 4 members (excludes halogenated alkanes) is 1. The largest absolute Gasteiger partial charge is 0.247 e. The molecule has 0 spiro atoms. The van der Waals surface area contributed by atoms with Crippen molar-refractivity contribution in [2.75, 3.05) is 0 Å². The summed E-state index contributed by atoms with van der Waals surface area (Å²) in [6.07, 6.45) is 2.05. The van der Waals surface area contributed by atoms with Crippen LogP contribution in [-0.2, 0) is 6.54 Å². The Morgan fingerprint density at radius 1 is 1.23 bits per heavy atom. The van der Waals surface area contributed by atoms with Gasteiger partial charge >= 0.3 is 0 Å². The highest BCUT2D eigenvalue weighted by atomic mass is 35.5. The van der Waals surface area contributed by atoms with Gasteiger partial charge in [-0.3, -0.25) is 0 Å². The highest BCUT2D eigenvalue weighted by molar-refractivity contribution is 6.34. The molecule has 0 aliphatic rings. The Morgan fingerprint density at radius 2 is 2.00 bits per heavy atom. The summed E-state index contributed by atoms with van der Waals surface area (Å²) in [5.74, 6) is -0.0810. The first-order valence-corrected chi connectivity index (χ1v) is 7.65. The molecule has 2 heterocycles. The molecule has 4 nitrogen and oxygen atoms in total. The van der Waals surface area contributed by atoms with E-state index in [4.69, 9.17) is 11.6 Å². The van der Waals surface area contributed by atoms with Crippen LogP contribution in [0.5, 0.6) is 0 Å². The first kappa shape index (κ1) is 14.9. The molecule has 0 N–H and O–H groups in total. The lowest BCUT2D eigenvalue weighted by atomic mass is 10.2. The maximum absolute atomic E-state index is 14.0. The molecule has 0 saturated heterocycles. The van der Waals surface area contributed by atoms with Gasteiger partial charge in [-0.05, 0) is 25.5 Å². The summed E-state index contributed by atoms with van der Waals surface area (Å²) < 4.78 is 15.8. The van der Waals surface area contributed by atoms with E-state index in [1.807, 2.05) is 11.6 Å². The second-order valence-corrected chi connectivity index (χ2v) is 5.54. The van der Waals surface area contributed by atoms with Crippen molar-refractivity contribution in [1.82, 2.24) is 19.7 Å². The van der Waals surface area contributed by atoms with Gasteiger partial charge in [0.05, 0.1) is 16.6 Å². The van der Waals surface area contributed by atoms with Crippen molar-refractivity contribution < 1.29 is 4.39 Å². The van der Waals surface area contributed by atoms with Crippen LogP contribution in [0.1, 0.15) is 25.5 Å². The SMILES string of the molecule is CCCCn1nc(C)c2c(Cl)nc(-c3ccccc3F)nc21. The number of hydrogen-bond acceptors (Lipinski definition) is 3. The molecule has 0 fully saturated rings. The van der Waals surface area contributed by atoms with Crippen LogP contribution < -0.4 is 0 Å². The normalized spacial score (nSPS) is 11.3. The molecule has 1 aromatic carbocycles. The van der Waals surface area contributed by atoms with E-state index in [-0.39, 0.29) is 11.6 Å². The van der Waals surface area contributed by atoms with E-state index >= 15 is 0 Å². The van der Waals surface area contributed by atoms with E-state index in [2.05, 4.69) is 22.0 Å². The van der Waals surface area contributed by atoms with Gasteiger partial charge < -0.3 is 0 Å². The monoisotopic (exact) mass is 318 g/mol. The van der Waals surface area contributed by atoms with Crippen molar-refractivity contribution in [3.63, 3.8) is 0 Å². The minimum atomic E-state index is -0.366. The standard InChI is InChI=1S/C16H16ClFN4/c1-3-4-9-22-16-13(10(2)21-22)14(17)19-15(20-16)11-7-5-6-8-12(11)18/h5-8H,3-4,9H2,1-2H3. The number of aromatic nitrogens is 4. The summed E-state index contributed by atoms with van der Waals surface area (Å²) in [7, 11) is 0. The first-order valence-electron chi connectivity index (χ1n) is 7.27. The molecule has 2 aromatic heterocycles. The molecule has 0 aliphatic carbocycles. The summed E-state index contributed by atoms with van der Waals surface area (Å²) in [4.78, 5) is 8.75. The van der Waals surface area contributed by atoms with Crippen LogP contribution in [0.25, 0.3) is 22.4 Å². The average molecular weight is 319 g/mol. The lowest BCUT2D eigenvalue weighted by molar-refractivity contribution is 0.580. The van der Waals surface area contributed by atoms with Crippen LogP contribution in [0, 0.1) is 12.7 Å². The lowest BCUT2D eigenvalue weighted by Crippen LogP contribution is -2.02.